The topological polar surface area (TPSA) is 83.5 Å². The van der Waals surface area contributed by atoms with Gasteiger partial charge in [0.1, 0.15) is 5.82 Å². The van der Waals surface area contributed by atoms with Gasteiger partial charge in [0.25, 0.3) is 0 Å². The fraction of sp³-hybridized carbons (Fsp3) is 0.400. The Morgan fingerprint density at radius 3 is 2.72 bits per heavy atom. The Bertz CT molecular complexity index is 911. The van der Waals surface area contributed by atoms with Crippen LogP contribution in [-0.2, 0) is 0 Å². The first-order valence-electron chi connectivity index (χ1n) is 8.85. The number of hydrogen-bond donors (Lipinski definition) is 3. The molecule has 2 bridgehead atoms. The zero-order valence-electron chi connectivity index (χ0n) is 14.1. The molecule has 5 nitrogen and oxygen atoms in total. The molecule has 2 heterocycles. The molecule has 1 aromatic carbocycles. The van der Waals surface area contributed by atoms with Crippen molar-refractivity contribution in [2.75, 3.05) is 30.7 Å². The van der Waals surface area contributed by atoms with Gasteiger partial charge in [0.2, 0.25) is 0 Å². The number of aliphatic imine (C=N–C) groups is 1. The first-order chi connectivity index (χ1) is 12.1. The van der Waals surface area contributed by atoms with Crippen molar-refractivity contribution in [3.63, 3.8) is 0 Å². The molecule has 3 saturated carbocycles. The Morgan fingerprint density at radius 2 is 2.00 bits per heavy atom. The van der Waals surface area contributed by atoms with Crippen LogP contribution in [0.1, 0.15) is 24.8 Å². The molecule has 4 N–H and O–H groups in total. The average molecular weight is 334 g/mol. The summed E-state index contributed by atoms with van der Waals surface area (Å²) < 4.78 is 0. The minimum Gasteiger partial charge on any atom is -0.396 e. The predicted molar refractivity (Wildman–Crippen MR) is 102 cm³/mol. The van der Waals surface area contributed by atoms with Crippen LogP contribution in [0.15, 0.2) is 35.3 Å². The van der Waals surface area contributed by atoms with Gasteiger partial charge in [-0.05, 0) is 53.4 Å². The maximum absolute atomic E-state index is 9.42. The summed E-state index contributed by atoms with van der Waals surface area (Å²) in [6.07, 6.45) is 7.32. The number of hydrogen-bond acceptors (Lipinski definition) is 5. The molecule has 5 heteroatoms. The SMILES string of the molecule is Nc1cc(NCC23CC(CO)(C2)C3)c2ccc(C3=CC=NC3)cc2n1. The Hall–Kier alpha value is -2.40. The summed E-state index contributed by atoms with van der Waals surface area (Å²) in [6, 6.07) is 8.27. The van der Waals surface area contributed by atoms with Gasteiger partial charge < -0.3 is 16.2 Å². The lowest BCUT2D eigenvalue weighted by Gasteiger charge is -2.70. The van der Waals surface area contributed by atoms with Crippen LogP contribution in [-0.4, -0.2) is 36.0 Å². The standard InChI is InChI=1S/C20H22N4O/c21-18-6-16(23-11-19-8-20(9-19,10-19)12-25)15-2-1-13(5-17(15)24-18)14-3-4-22-7-14/h1-6,25H,7-12H2,(H3,21,23,24). The van der Waals surface area contributed by atoms with E-state index in [0.29, 0.717) is 17.8 Å². The van der Waals surface area contributed by atoms with Crippen molar-refractivity contribution in [3.05, 3.63) is 35.9 Å². The van der Waals surface area contributed by atoms with Crippen LogP contribution >= 0.6 is 0 Å². The highest BCUT2D eigenvalue weighted by Gasteiger charge is 2.66. The molecule has 0 saturated heterocycles. The fourth-order valence-corrected chi connectivity index (χ4v) is 5.00. The Balaban J connectivity index is 1.41. The highest BCUT2D eigenvalue weighted by Crippen LogP contribution is 2.72. The summed E-state index contributed by atoms with van der Waals surface area (Å²) in [7, 11) is 0. The minimum absolute atomic E-state index is 0.243. The highest BCUT2D eigenvalue weighted by atomic mass is 16.3. The maximum Gasteiger partial charge on any atom is 0.126 e. The van der Waals surface area contributed by atoms with Gasteiger partial charge in [-0.25, -0.2) is 4.98 Å². The van der Waals surface area contributed by atoms with Gasteiger partial charge in [-0.1, -0.05) is 12.1 Å². The number of nitrogens with zero attached hydrogens (tertiary/aromatic N) is 2. The number of fused-ring (bicyclic) bond motifs is 1. The largest absolute Gasteiger partial charge is 0.396 e. The third-order valence-corrected chi connectivity index (χ3v) is 6.08. The zero-order valence-corrected chi connectivity index (χ0v) is 14.1. The van der Waals surface area contributed by atoms with Gasteiger partial charge >= 0.3 is 0 Å². The number of aliphatic hydroxyl groups is 1. The summed E-state index contributed by atoms with van der Waals surface area (Å²) in [5, 5.41) is 14.1. The van der Waals surface area contributed by atoms with Gasteiger partial charge in [-0.2, -0.15) is 0 Å². The van der Waals surface area contributed by atoms with Crippen molar-refractivity contribution in [3.8, 4) is 0 Å². The Labute approximate surface area is 146 Å². The number of rotatable bonds is 5. The molecule has 25 heavy (non-hydrogen) atoms. The van der Waals surface area contributed by atoms with Crippen molar-refractivity contribution in [2.24, 2.45) is 15.8 Å². The van der Waals surface area contributed by atoms with Crippen molar-refractivity contribution in [1.82, 2.24) is 4.98 Å². The molecular weight excluding hydrogens is 312 g/mol. The number of pyridine rings is 1. The highest BCUT2D eigenvalue weighted by molar-refractivity contribution is 5.97. The second kappa shape index (κ2) is 5.05. The van der Waals surface area contributed by atoms with Crippen LogP contribution in [0.2, 0.25) is 0 Å². The molecule has 128 valence electrons. The molecule has 3 aliphatic carbocycles. The number of nitrogens with two attached hydrogens (primary N) is 1. The molecular formula is C20H22N4O. The maximum atomic E-state index is 9.42. The molecule has 3 fully saturated rings. The van der Waals surface area contributed by atoms with Crippen LogP contribution in [0.5, 0.6) is 0 Å². The summed E-state index contributed by atoms with van der Waals surface area (Å²) >= 11 is 0. The van der Waals surface area contributed by atoms with Gasteiger partial charge in [0.05, 0.1) is 12.1 Å². The van der Waals surface area contributed by atoms with E-state index >= 15 is 0 Å². The fourth-order valence-electron chi connectivity index (χ4n) is 5.00. The molecule has 0 radical (unpaired) electrons. The molecule has 2 aromatic rings. The first kappa shape index (κ1) is 14.9. The number of nitrogens with one attached hydrogen (secondary N) is 1. The van der Waals surface area contributed by atoms with Gasteiger partial charge in [0.15, 0.2) is 0 Å². The van der Waals surface area contributed by atoms with E-state index in [1.807, 2.05) is 18.4 Å². The van der Waals surface area contributed by atoms with Crippen molar-refractivity contribution in [2.45, 2.75) is 19.3 Å². The first-order valence-corrected chi connectivity index (χ1v) is 8.85. The predicted octanol–water partition coefficient (Wildman–Crippen LogP) is 2.86. The number of aromatic nitrogens is 1. The third-order valence-electron chi connectivity index (χ3n) is 6.08. The summed E-state index contributed by atoms with van der Waals surface area (Å²) in [5.74, 6) is 0.535. The van der Waals surface area contributed by atoms with E-state index in [9.17, 15) is 5.11 Å². The Morgan fingerprint density at radius 1 is 1.16 bits per heavy atom. The van der Waals surface area contributed by atoms with E-state index in [4.69, 9.17) is 5.73 Å². The van der Waals surface area contributed by atoms with Crippen LogP contribution in [0.4, 0.5) is 11.5 Å². The molecule has 1 aromatic heterocycles. The number of aliphatic hydroxyl groups excluding tert-OH is 1. The van der Waals surface area contributed by atoms with Crippen molar-refractivity contribution < 1.29 is 5.11 Å². The molecule has 0 unspecified atom stereocenters. The van der Waals surface area contributed by atoms with E-state index in [1.54, 1.807) is 0 Å². The van der Waals surface area contributed by atoms with E-state index in [2.05, 4.69) is 33.5 Å². The van der Waals surface area contributed by atoms with Crippen molar-refractivity contribution >= 4 is 34.2 Å². The summed E-state index contributed by atoms with van der Waals surface area (Å²) in [4.78, 5) is 8.77. The van der Waals surface area contributed by atoms with E-state index in [-0.39, 0.29) is 5.41 Å². The van der Waals surface area contributed by atoms with E-state index in [0.717, 1.165) is 54.5 Å². The smallest absolute Gasteiger partial charge is 0.126 e. The molecule has 0 amide bonds. The number of benzene rings is 1. The third kappa shape index (κ3) is 2.26. The lowest BCUT2D eigenvalue weighted by Crippen LogP contribution is -2.65. The summed E-state index contributed by atoms with van der Waals surface area (Å²) in [5.41, 5.74) is 11.0. The average Bonchev–Trinajstić information content (AvgIpc) is 3.06. The molecule has 6 rings (SSSR count). The van der Waals surface area contributed by atoms with Crippen LogP contribution < -0.4 is 11.1 Å². The lowest BCUT2D eigenvalue weighted by atomic mass is 9.35. The lowest BCUT2D eigenvalue weighted by molar-refractivity contribution is -0.214. The van der Waals surface area contributed by atoms with Crippen LogP contribution in [0, 0.1) is 10.8 Å². The summed E-state index contributed by atoms with van der Waals surface area (Å²) in [6.45, 7) is 2.00. The molecule has 1 aliphatic heterocycles. The molecule has 0 spiro atoms. The normalized spacial score (nSPS) is 29.2. The van der Waals surface area contributed by atoms with Gasteiger partial charge in [-0.3, -0.25) is 4.99 Å². The second-order valence-corrected chi connectivity index (χ2v) is 8.05. The molecule has 0 atom stereocenters. The quantitative estimate of drug-likeness (QED) is 0.785. The number of allylic oxidation sites excluding steroid dienone is 1. The van der Waals surface area contributed by atoms with Crippen molar-refractivity contribution in [1.29, 1.82) is 0 Å². The van der Waals surface area contributed by atoms with Gasteiger partial charge in [0, 0.05) is 36.5 Å². The zero-order chi connectivity index (χ0) is 17.1. The number of nitrogen functional groups attached to an aromatic ring is 1. The number of anilines is 2. The monoisotopic (exact) mass is 334 g/mol. The minimum atomic E-state index is 0.243. The second-order valence-electron chi connectivity index (χ2n) is 8.05. The van der Waals surface area contributed by atoms with Crippen LogP contribution in [0.3, 0.4) is 0 Å². The van der Waals surface area contributed by atoms with Gasteiger partial charge in [-0.15, -0.1) is 0 Å². The van der Waals surface area contributed by atoms with Crippen LogP contribution in [0.25, 0.3) is 16.5 Å². The molecule has 4 aliphatic rings. The van der Waals surface area contributed by atoms with E-state index in [1.165, 1.54) is 5.57 Å². The Kier molecular flexibility index (Phi) is 3.01. The van der Waals surface area contributed by atoms with E-state index < -0.39 is 0 Å².